The molecular formula is C25H29N3O4. The van der Waals surface area contributed by atoms with Gasteiger partial charge in [0.05, 0.1) is 18.1 Å². The van der Waals surface area contributed by atoms with E-state index in [0.29, 0.717) is 24.9 Å². The normalized spacial score (nSPS) is 19.4. The SMILES string of the molecule is COc1ccc(OCC(=O)N2CCC(n3c([C@@H]4CCCO4)nc4ccccc43)CC2)cc1. The van der Waals surface area contributed by atoms with E-state index >= 15 is 0 Å². The van der Waals surface area contributed by atoms with E-state index in [1.807, 2.05) is 35.2 Å². The van der Waals surface area contributed by atoms with Crippen molar-refractivity contribution in [3.63, 3.8) is 0 Å². The van der Waals surface area contributed by atoms with Crippen molar-refractivity contribution >= 4 is 16.9 Å². The van der Waals surface area contributed by atoms with E-state index in [-0.39, 0.29) is 18.6 Å². The van der Waals surface area contributed by atoms with Gasteiger partial charge in [0.1, 0.15) is 23.4 Å². The molecule has 0 aliphatic carbocycles. The number of nitrogens with zero attached hydrogens (tertiary/aromatic N) is 3. The lowest BCUT2D eigenvalue weighted by Gasteiger charge is -2.34. The van der Waals surface area contributed by atoms with Crippen molar-refractivity contribution in [2.24, 2.45) is 0 Å². The monoisotopic (exact) mass is 435 g/mol. The van der Waals surface area contributed by atoms with Crippen LogP contribution in [0.15, 0.2) is 48.5 Å². The van der Waals surface area contributed by atoms with Crippen LogP contribution in [0.5, 0.6) is 11.5 Å². The summed E-state index contributed by atoms with van der Waals surface area (Å²) in [5.41, 5.74) is 2.18. The van der Waals surface area contributed by atoms with E-state index < -0.39 is 0 Å². The van der Waals surface area contributed by atoms with Crippen LogP contribution in [0.4, 0.5) is 0 Å². The van der Waals surface area contributed by atoms with Crippen LogP contribution in [0, 0.1) is 0 Å². The quantitative estimate of drug-likeness (QED) is 0.582. The smallest absolute Gasteiger partial charge is 0.260 e. The number of aromatic nitrogens is 2. The molecule has 1 aromatic heterocycles. The van der Waals surface area contributed by atoms with Gasteiger partial charge in [0.15, 0.2) is 6.61 Å². The van der Waals surface area contributed by atoms with Crippen molar-refractivity contribution in [3.05, 3.63) is 54.4 Å². The van der Waals surface area contributed by atoms with Crippen LogP contribution in [-0.2, 0) is 9.53 Å². The summed E-state index contributed by atoms with van der Waals surface area (Å²) in [6.07, 6.45) is 3.96. The molecule has 0 radical (unpaired) electrons. The molecule has 2 saturated heterocycles. The molecule has 2 aliphatic rings. The van der Waals surface area contributed by atoms with Crippen LogP contribution in [0.1, 0.15) is 43.7 Å². The van der Waals surface area contributed by atoms with Gasteiger partial charge in [-0.05, 0) is 62.1 Å². The zero-order chi connectivity index (χ0) is 21.9. The zero-order valence-electron chi connectivity index (χ0n) is 18.4. The number of rotatable bonds is 6. The Balaban J connectivity index is 1.24. The van der Waals surface area contributed by atoms with Gasteiger partial charge in [-0.1, -0.05) is 12.1 Å². The first kappa shape index (κ1) is 20.8. The van der Waals surface area contributed by atoms with Crippen LogP contribution < -0.4 is 9.47 Å². The Kier molecular flexibility index (Phi) is 5.99. The van der Waals surface area contributed by atoms with Crippen molar-refractivity contribution in [1.29, 1.82) is 0 Å². The number of fused-ring (bicyclic) bond motifs is 1. The lowest BCUT2D eigenvalue weighted by Crippen LogP contribution is -2.41. The third-order valence-electron chi connectivity index (χ3n) is 6.44. The fourth-order valence-corrected chi connectivity index (χ4v) is 4.74. The fraction of sp³-hybridized carbons (Fsp3) is 0.440. The number of likely N-dealkylation sites (tertiary alicyclic amines) is 1. The van der Waals surface area contributed by atoms with E-state index in [1.165, 1.54) is 0 Å². The lowest BCUT2D eigenvalue weighted by molar-refractivity contribution is -0.134. The van der Waals surface area contributed by atoms with Crippen molar-refractivity contribution in [3.8, 4) is 11.5 Å². The number of hydrogen-bond acceptors (Lipinski definition) is 5. The van der Waals surface area contributed by atoms with Crippen molar-refractivity contribution in [1.82, 2.24) is 14.5 Å². The van der Waals surface area contributed by atoms with Crippen molar-refractivity contribution in [2.45, 2.75) is 37.8 Å². The second-order valence-corrected chi connectivity index (χ2v) is 8.41. The summed E-state index contributed by atoms with van der Waals surface area (Å²) in [5.74, 6) is 2.49. The van der Waals surface area contributed by atoms with E-state index in [2.05, 4.69) is 22.8 Å². The number of piperidine rings is 1. The lowest BCUT2D eigenvalue weighted by atomic mass is 10.0. The molecule has 2 aromatic carbocycles. The van der Waals surface area contributed by atoms with Gasteiger partial charge >= 0.3 is 0 Å². The first-order valence-electron chi connectivity index (χ1n) is 11.4. The molecule has 2 aliphatic heterocycles. The minimum absolute atomic E-state index is 0.0223. The molecule has 0 bridgehead atoms. The number of para-hydroxylation sites is 2. The predicted molar refractivity (Wildman–Crippen MR) is 121 cm³/mol. The third kappa shape index (κ3) is 4.17. The Labute approximate surface area is 187 Å². The van der Waals surface area contributed by atoms with Gasteiger partial charge in [-0.3, -0.25) is 4.79 Å². The van der Waals surface area contributed by atoms with Crippen LogP contribution in [0.3, 0.4) is 0 Å². The highest BCUT2D eigenvalue weighted by Crippen LogP contribution is 2.35. The molecule has 1 amide bonds. The number of hydrogen-bond donors (Lipinski definition) is 0. The fourth-order valence-electron chi connectivity index (χ4n) is 4.74. The van der Waals surface area contributed by atoms with E-state index in [0.717, 1.165) is 54.9 Å². The summed E-state index contributed by atoms with van der Waals surface area (Å²) in [7, 11) is 1.62. The summed E-state index contributed by atoms with van der Waals surface area (Å²) in [6, 6.07) is 15.9. The number of amides is 1. The number of imidazole rings is 1. The Morgan fingerprint density at radius 2 is 1.81 bits per heavy atom. The number of ether oxygens (including phenoxy) is 3. The molecule has 5 rings (SSSR count). The Morgan fingerprint density at radius 1 is 1.06 bits per heavy atom. The van der Waals surface area contributed by atoms with Gasteiger partial charge in [0.25, 0.3) is 5.91 Å². The van der Waals surface area contributed by atoms with Gasteiger partial charge in [-0.25, -0.2) is 4.98 Å². The molecule has 7 nitrogen and oxygen atoms in total. The Bertz CT molecular complexity index is 1060. The standard InChI is InChI=1S/C25H29N3O4/c1-30-19-8-10-20(11-9-19)32-17-24(29)27-14-12-18(13-15-27)28-22-6-3-2-5-21(22)26-25(28)23-7-4-16-31-23/h2-3,5-6,8-11,18,23H,4,7,12-17H2,1H3/t23-/m0/s1. The van der Waals surface area contributed by atoms with Crippen molar-refractivity contribution < 1.29 is 19.0 Å². The molecule has 1 atom stereocenters. The van der Waals surface area contributed by atoms with E-state index in [4.69, 9.17) is 19.2 Å². The first-order valence-corrected chi connectivity index (χ1v) is 11.4. The molecule has 0 saturated carbocycles. The molecular weight excluding hydrogens is 406 g/mol. The average Bonchev–Trinajstić information content (AvgIpc) is 3.51. The predicted octanol–water partition coefficient (Wildman–Crippen LogP) is 4.14. The summed E-state index contributed by atoms with van der Waals surface area (Å²) in [6.45, 7) is 2.28. The maximum atomic E-state index is 12.7. The van der Waals surface area contributed by atoms with E-state index in [9.17, 15) is 4.79 Å². The minimum atomic E-state index is 0.0223. The van der Waals surface area contributed by atoms with E-state index in [1.54, 1.807) is 7.11 Å². The largest absolute Gasteiger partial charge is 0.497 e. The molecule has 2 fully saturated rings. The molecule has 0 N–H and O–H groups in total. The van der Waals surface area contributed by atoms with Crippen molar-refractivity contribution in [2.75, 3.05) is 33.4 Å². The van der Waals surface area contributed by atoms with Crippen LogP contribution in [0.25, 0.3) is 11.0 Å². The second kappa shape index (κ2) is 9.20. The third-order valence-corrected chi connectivity index (χ3v) is 6.44. The molecule has 7 heteroatoms. The number of carbonyl (C=O) groups excluding carboxylic acids is 1. The van der Waals surface area contributed by atoms with Gasteiger partial charge in [0.2, 0.25) is 0 Å². The maximum Gasteiger partial charge on any atom is 0.260 e. The molecule has 3 heterocycles. The number of carbonyl (C=O) groups is 1. The molecule has 0 spiro atoms. The van der Waals surface area contributed by atoms with Crippen LogP contribution in [0.2, 0.25) is 0 Å². The first-order chi connectivity index (χ1) is 15.7. The zero-order valence-corrected chi connectivity index (χ0v) is 18.4. The topological polar surface area (TPSA) is 65.8 Å². The average molecular weight is 436 g/mol. The van der Waals surface area contributed by atoms with Gasteiger partial charge in [-0.15, -0.1) is 0 Å². The molecule has 32 heavy (non-hydrogen) atoms. The highest BCUT2D eigenvalue weighted by Gasteiger charge is 2.30. The highest BCUT2D eigenvalue weighted by molar-refractivity contribution is 5.78. The summed E-state index contributed by atoms with van der Waals surface area (Å²) in [5, 5.41) is 0. The Hall–Kier alpha value is -3.06. The highest BCUT2D eigenvalue weighted by atomic mass is 16.5. The summed E-state index contributed by atoms with van der Waals surface area (Å²) in [4.78, 5) is 19.5. The summed E-state index contributed by atoms with van der Waals surface area (Å²) < 4.78 is 19.2. The van der Waals surface area contributed by atoms with Gasteiger partial charge in [0, 0.05) is 25.7 Å². The van der Waals surface area contributed by atoms with Crippen LogP contribution in [-0.4, -0.2) is 53.8 Å². The van der Waals surface area contributed by atoms with Gasteiger partial charge in [-0.2, -0.15) is 0 Å². The summed E-state index contributed by atoms with van der Waals surface area (Å²) >= 11 is 0. The number of methoxy groups -OCH3 is 1. The molecule has 168 valence electrons. The van der Waals surface area contributed by atoms with Gasteiger partial charge < -0.3 is 23.7 Å². The molecule has 3 aromatic rings. The van der Waals surface area contributed by atoms with Crippen LogP contribution >= 0.6 is 0 Å². The Morgan fingerprint density at radius 3 is 2.53 bits per heavy atom. The molecule has 0 unspecified atom stereocenters. The maximum absolute atomic E-state index is 12.7. The second-order valence-electron chi connectivity index (χ2n) is 8.41. The number of benzene rings is 2. The minimum Gasteiger partial charge on any atom is -0.497 e.